The molecule has 0 aromatic rings. The summed E-state index contributed by atoms with van der Waals surface area (Å²) in [5.41, 5.74) is 0. The molecule has 80 valence electrons. The minimum atomic E-state index is -4.05. The molecule has 4 heteroatoms. The summed E-state index contributed by atoms with van der Waals surface area (Å²) in [5.74, 6) is 0.440. The lowest BCUT2D eigenvalue weighted by Crippen LogP contribution is -2.34. The van der Waals surface area contributed by atoms with Crippen LogP contribution in [-0.4, -0.2) is 18.8 Å². The summed E-state index contributed by atoms with van der Waals surface area (Å²) in [6.45, 7) is 6.28. The zero-order valence-electron chi connectivity index (χ0n) is 8.41. The highest BCUT2D eigenvalue weighted by Gasteiger charge is 2.29. The first kappa shape index (κ1) is 12.8. The smallest absolute Gasteiger partial charge is 0.314 e. The van der Waals surface area contributed by atoms with Crippen LogP contribution in [0.25, 0.3) is 0 Å². The van der Waals surface area contributed by atoms with Gasteiger partial charge in [0.15, 0.2) is 0 Å². The zero-order chi connectivity index (χ0) is 10.5. The van der Waals surface area contributed by atoms with Crippen molar-refractivity contribution in [2.45, 2.75) is 45.8 Å². The summed E-state index contributed by atoms with van der Waals surface area (Å²) >= 11 is 0. The Morgan fingerprint density at radius 2 is 1.77 bits per heavy atom. The van der Waals surface area contributed by atoms with Crippen LogP contribution < -0.4 is 5.32 Å². The Morgan fingerprint density at radius 3 is 2.15 bits per heavy atom. The Bertz CT molecular complexity index is 133. The van der Waals surface area contributed by atoms with Gasteiger partial charge in [0.2, 0.25) is 0 Å². The highest BCUT2D eigenvalue weighted by Crippen LogP contribution is 2.21. The van der Waals surface area contributed by atoms with Crippen molar-refractivity contribution >= 4 is 0 Å². The van der Waals surface area contributed by atoms with Crippen molar-refractivity contribution < 1.29 is 13.2 Å². The predicted octanol–water partition coefficient (Wildman–Crippen LogP) is 2.96. The standard InChI is InChI=1S/C9H18F3N/c1-4-7(2)6-13-8(3)5-9(10,11)12/h7-8,13H,4-6H2,1-3H3. The monoisotopic (exact) mass is 197 g/mol. The average molecular weight is 197 g/mol. The molecule has 13 heavy (non-hydrogen) atoms. The fourth-order valence-corrected chi connectivity index (χ4v) is 0.966. The topological polar surface area (TPSA) is 12.0 Å². The summed E-state index contributed by atoms with van der Waals surface area (Å²) in [4.78, 5) is 0. The van der Waals surface area contributed by atoms with Crippen molar-refractivity contribution in [1.29, 1.82) is 0 Å². The second kappa shape index (κ2) is 5.47. The number of alkyl halides is 3. The SMILES string of the molecule is CCC(C)CNC(C)CC(F)(F)F. The first-order chi connectivity index (χ1) is 5.85. The van der Waals surface area contributed by atoms with Crippen LogP contribution >= 0.6 is 0 Å². The molecule has 0 aromatic heterocycles. The number of rotatable bonds is 5. The summed E-state index contributed by atoms with van der Waals surface area (Å²) in [5, 5.41) is 2.87. The molecule has 0 aliphatic rings. The number of hydrogen-bond acceptors (Lipinski definition) is 1. The van der Waals surface area contributed by atoms with Crippen molar-refractivity contribution in [1.82, 2.24) is 5.32 Å². The molecule has 1 N–H and O–H groups in total. The van der Waals surface area contributed by atoms with E-state index in [1.54, 1.807) is 6.92 Å². The van der Waals surface area contributed by atoms with Gasteiger partial charge >= 0.3 is 6.18 Å². The lowest BCUT2D eigenvalue weighted by molar-refractivity contribution is -0.139. The van der Waals surface area contributed by atoms with E-state index < -0.39 is 18.6 Å². The maximum absolute atomic E-state index is 11.9. The van der Waals surface area contributed by atoms with Crippen LogP contribution in [0, 0.1) is 5.92 Å². The summed E-state index contributed by atoms with van der Waals surface area (Å²) in [6, 6.07) is -0.478. The maximum atomic E-state index is 11.9. The van der Waals surface area contributed by atoms with Crippen LogP contribution in [0.2, 0.25) is 0 Å². The molecule has 0 heterocycles. The molecule has 0 saturated carbocycles. The third-order valence-electron chi connectivity index (χ3n) is 2.05. The van der Waals surface area contributed by atoms with Crippen LogP contribution in [0.15, 0.2) is 0 Å². The van der Waals surface area contributed by atoms with E-state index in [0.717, 1.165) is 6.42 Å². The number of hydrogen-bond donors (Lipinski definition) is 1. The van der Waals surface area contributed by atoms with E-state index in [1.807, 2.05) is 13.8 Å². The van der Waals surface area contributed by atoms with Gasteiger partial charge in [0.1, 0.15) is 0 Å². The molecule has 0 bridgehead atoms. The van der Waals surface area contributed by atoms with Gasteiger partial charge in [-0.05, 0) is 19.4 Å². The normalized spacial score (nSPS) is 17.1. The van der Waals surface area contributed by atoms with Gasteiger partial charge in [0.25, 0.3) is 0 Å². The molecule has 0 rings (SSSR count). The first-order valence-corrected chi connectivity index (χ1v) is 4.65. The van der Waals surface area contributed by atoms with Crippen molar-refractivity contribution in [2.24, 2.45) is 5.92 Å². The Hall–Kier alpha value is -0.250. The van der Waals surface area contributed by atoms with Crippen molar-refractivity contribution in [2.75, 3.05) is 6.54 Å². The summed E-state index contributed by atoms with van der Waals surface area (Å²) in [6.07, 6.45) is -3.81. The van der Waals surface area contributed by atoms with Crippen molar-refractivity contribution in [3.63, 3.8) is 0 Å². The second-order valence-corrected chi connectivity index (χ2v) is 3.64. The van der Waals surface area contributed by atoms with E-state index in [-0.39, 0.29) is 0 Å². The lowest BCUT2D eigenvalue weighted by atomic mass is 10.1. The molecule has 0 saturated heterocycles. The van der Waals surface area contributed by atoms with Crippen molar-refractivity contribution in [3.8, 4) is 0 Å². The van der Waals surface area contributed by atoms with Crippen LogP contribution in [0.4, 0.5) is 13.2 Å². The molecular weight excluding hydrogens is 179 g/mol. The fourth-order valence-electron chi connectivity index (χ4n) is 0.966. The molecule has 0 radical (unpaired) electrons. The van der Waals surface area contributed by atoms with Gasteiger partial charge in [0, 0.05) is 6.04 Å². The second-order valence-electron chi connectivity index (χ2n) is 3.64. The molecule has 2 atom stereocenters. The van der Waals surface area contributed by atoms with E-state index >= 15 is 0 Å². The van der Waals surface area contributed by atoms with Gasteiger partial charge in [-0.2, -0.15) is 13.2 Å². The number of nitrogens with one attached hydrogen (secondary N) is 1. The molecular formula is C9H18F3N. The van der Waals surface area contributed by atoms with E-state index in [9.17, 15) is 13.2 Å². The Kier molecular flexibility index (Phi) is 5.37. The van der Waals surface area contributed by atoms with Crippen molar-refractivity contribution in [3.05, 3.63) is 0 Å². The fraction of sp³-hybridized carbons (Fsp3) is 1.00. The average Bonchev–Trinajstić information content (AvgIpc) is 1.97. The van der Waals surface area contributed by atoms with E-state index in [2.05, 4.69) is 5.32 Å². The highest BCUT2D eigenvalue weighted by atomic mass is 19.4. The van der Waals surface area contributed by atoms with Gasteiger partial charge in [-0.1, -0.05) is 20.3 Å². The predicted molar refractivity (Wildman–Crippen MR) is 47.6 cm³/mol. The largest absolute Gasteiger partial charge is 0.390 e. The van der Waals surface area contributed by atoms with Gasteiger partial charge in [-0.3, -0.25) is 0 Å². The molecule has 2 unspecified atom stereocenters. The number of halogens is 3. The van der Waals surface area contributed by atoms with Crippen LogP contribution in [0.3, 0.4) is 0 Å². The van der Waals surface area contributed by atoms with Crippen LogP contribution in [-0.2, 0) is 0 Å². The quantitative estimate of drug-likeness (QED) is 0.714. The Morgan fingerprint density at radius 1 is 1.23 bits per heavy atom. The van der Waals surface area contributed by atoms with Crippen LogP contribution in [0.5, 0.6) is 0 Å². The minimum absolute atomic E-state index is 0.440. The molecule has 0 fully saturated rings. The molecule has 0 aliphatic heterocycles. The third kappa shape index (κ3) is 8.09. The lowest BCUT2D eigenvalue weighted by Gasteiger charge is -2.17. The summed E-state index contributed by atoms with van der Waals surface area (Å²) < 4.78 is 35.6. The Balaban J connectivity index is 3.57. The van der Waals surface area contributed by atoms with Gasteiger partial charge in [-0.15, -0.1) is 0 Å². The summed E-state index contributed by atoms with van der Waals surface area (Å²) in [7, 11) is 0. The van der Waals surface area contributed by atoms with E-state index in [0.29, 0.717) is 12.5 Å². The van der Waals surface area contributed by atoms with Gasteiger partial charge in [-0.25, -0.2) is 0 Å². The molecule has 1 nitrogen and oxygen atoms in total. The first-order valence-electron chi connectivity index (χ1n) is 4.65. The van der Waals surface area contributed by atoms with Crippen LogP contribution in [0.1, 0.15) is 33.6 Å². The zero-order valence-corrected chi connectivity index (χ0v) is 8.41. The minimum Gasteiger partial charge on any atom is -0.314 e. The van der Waals surface area contributed by atoms with E-state index in [4.69, 9.17) is 0 Å². The van der Waals surface area contributed by atoms with Gasteiger partial charge in [0.05, 0.1) is 6.42 Å². The molecule has 0 aliphatic carbocycles. The molecule has 0 aromatic carbocycles. The third-order valence-corrected chi connectivity index (χ3v) is 2.05. The van der Waals surface area contributed by atoms with E-state index in [1.165, 1.54) is 0 Å². The highest BCUT2D eigenvalue weighted by molar-refractivity contribution is 4.67. The molecule has 0 spiro atoms. The van der Waals surface area contributed by atoms with Gasteiger partial charge < -0.3 is 5.32 Å². The maximum Gasteiger partial charge on any atom is 0.390 e. The molecule has 0 amide bonds. The Labute approximate surface area is 77.7 Å².